The van der Waals surface area contributed by atoms with Gasteiger partial charge in [0, 0.05) is 16.4 Å². The summed E-state index contributed by atoms with van der Waals surface area (Å²) >= 11 is 1.50. The Hall–Kier alpha value is -1.55. The molecule has 3 N–H and O–H groups in total. The Morgan fingerprint density at radius 1 is 1.47 bits per heavy atom. The van der Waals surface area contributed by atoms with E-state index in [1.807, 2.05) is 31.2 Å². The highest BCUT2D eigenvalue weighted by Crippen LogP contribution is 2.27. The molecule has 0 fully saturated rings. The van der Waals surface area contributed by atoms with E-state index >= 15 is 0 Å². The van der Waals surface area contributed by atoms with E-state index in [2.05, 4.69) is 12.2 Å². The van der Waals surface area contributed by atoms with Gasteiger partial charge in [0.05, 0.1) is 4.88 Å². The third-order valence-electron chi connectivity index (χ3n) is 2.75. The topological polar surface area (TPSA) is 55.1 Å². The van der Waals surface area contributed by atoms with Gasteiger partial charge in [-0.3, -0.25) is 4.79 Å². The van der Waals surface area contributed by atoms with Gasteiger partial charge in [-0.1, -0.05) is 6.92 Å². The van der Waals surface area contributed by atoms with Gasteiger partial charge in [-0.15, -0.1) is 11.3 Å². The molecule has 0 aliphatic carbocycles. The van der Waals surface area contributed by atoms with Crippen LogP contribution in [0.4, 0.5) is 5.69 Å². The summed E-state index contributed by atoms with van der Waals surface area (Å²) in [5.74, 6) is -0.000813. The average molecular weight is 248 g/mol. The molecule has 3 nitrogen and oxygen atoms in total. The van der Waals surface area contributed by atoms with Gasteiger partial charge in [0.2, 0.25) is 0 Å². The maximum atomic E-state index is 11.9. The molecule has 90 valence electrons. The van der Waals surface area contributed by atoms with Gasteiger partial charge in [-0.2, -0.15) is 0 Å². The van der Waals surface area contributed by atoms with Gasteiger partial charge in [-0.05, 0) is 43.0 Å². The van der Waals surface area contributed by atoms with Gasteiger partial charge >= 0.3 is 0 Å². The Bertz CT molecular complexity index is 547. The van der Waals surface area contributed by atoms with Gasteiger partial charge in [0.15, 0.2) is 0 Å². The average Bonchev–Trinajstić information content (AvgIpc) is 2.71. The lowest BCUT2D eigenvalue weighted by atomic mass is 10.2. The fourth-order valence-electron chi connectivity index (χ4n) is 1.57. The van der Waals surface area contributed by atoms with Gasteiger partial charge in [-0.25, -0.2) is 0 Å². The van der Waals surface area contributed by atoms with Crippen molar-refractivity contribution in [2.24, 2.45) is 0 Å². The fraction of sp³-hybridized carbons (Fsp3) is 0.308. The van der Waals surface area contributed by atoms with Crippen molar-refractivity contribution in [3.05, 3.63) is 29.1 Å². The molecule has 2 aromatic rings. The number of hydrogen-bond donors (Lipinski definition) is 2. The summed E-state index contributed by atoms with van der Waals surface area (Å²) in [6, 6.07) is 7.81. The number of hydrogen-bond acceptors (Lipinski definition) is 3. The number of fused-ring (bicyclic) bond motifs is 1. The minimum atomic E-state index is -0.000813. The Morgan fingerprint density at radius 2 is 2.24 bits per heavy atom. The Balaban J connectivity index is 2.27. The second-order valence-corrected chi connectivity index (χ2v) is 5.27. The number of carbonyl (C=O) groups is 1. The van der Waals surface area contributed by atoms with Gasteiger partial charge < -0.3 is 11.1 Å². The van der Waals surface area contributed by atoms with Crippen LogP contribution in [0.5, 0.6) is 0 Å². The third-order valence-corrected chi connectivity index (χ3v) is 3.87. The quantitative estimate of drug-likeness (QED) is 0.820. The van der Waals surface area contributed by atoms with E-state index in [1.54, 1.807) is 0 Å². The Labute approximate surface area is 105 Å². The number of nitrogens with two attached hydrogens (primary N) is 1. The van der Waals surface area contributed by atoms with Gasteiger partial charge in [0.25, 0.3) is 5.91 Å². The van der Waals surface area contributed by atoms with E-state index in [9.17, 15) is 4.79 Å². The van der Waals surface area contributed by atoms with Gasteiger partial charge in [0.1, 0.15) is 0 Å². The minimum Gasteiger partial charge on any atom is -0.399 e. The molecule has 1 aromatic carbocycles. The second kappa shape index (κ2) is 4.75. The molecule has 0 aliphatic heterocycles. The number of amides is 1. The Kier molecular flexibility index (Phi) is 3.33. The largest absolute Gasteiger partial charge is 0.399 e. The summed E-state index contributed by atoms with van der Waals surface area (Å²) < 4.78 is 1.09. The zero-order chi connectivity index (χ0) is 12.4. The molecule has 1 unspecified atom stereocenters. The highest BCUT2D eigenvalue weighted by Gasteiger charge is 2.11. The summed E-state index contributed by atoms with van der Waals surface area (Å²) in [6.07, 6.45) is 0.934. The van der Waals surface area contributed by atoms with Crippen molar-refractivity contribution in [2.75, 3.05) is 5.73 Å². The number of carbonyl (C=O) groups excluding carboxylic acids is 1. The van der Waals surface area contributed by atoms with Crippen LogP contribution in [0.15, 0.2) is 24.3 Å². The zero-order valence-electron chi connectivity index (χ0n) is 9.99. The van der Waals surface area contributed by atoms with Crippen molar-refractivity contribution in [1.29, 1.82) is 0 Å². The maximum Gasteiger partial charge on any atom is 0.261 e. The number of nitrogen functional groups attached to an aromatic ring is 1. The SMILES string of the molecule is CCC(C)NC(=O)c1cc2cc(N)ccc2s1. The molecule has 0 radical (unpaired) electrons. The summed E-state index contributed by atoms with van der Waals surface area (Å²) in [5.41, 5.74) is 6.44. The molecule has 1 amide bonds. The predicted molar refractivity (Wildman–Crippen MR) is 73.5 cm³/mol. The van der Waals surface area contributed by atoms with Crippen molar-refractivity contribution in [2.45, 2.75) is 26.3 Å². The van der Waals surface area contributed by atoms with E-state index in [-0.39, 0.29) is 11.9 Å². The smallest absolute Gasteiger partial charge is 0.261 e. The van der Waals surface area contributed by atoms with E-state index in [1.165, 1.54) is 11.3 Å². The lowest BCUT2D eigenvalue weighted by Crippen LogP contribution is -2.31. The molecule has 1 atom stereocenters. The first-order valence-electron chi connectivity index (χ1n) is 5.70. The van der Waals surface area contributed by atoms with Crippen molar-refractivity contribution >= 4 is 33.0 Å². The first-order valence-corrected chi connectivity index (χ1v) is 6.51. The fourth-order valence-corrected chi connectivity index (χ4v) is 2.52. The van der Waals surface area contributed by atoms with Crippen molar-refractivity contribution in [1.82, 2.24) is 5.32 Å². The van der Waals surface area contributed by atoms with E-state index in [0.29, 0.717) is 0 Å². The zero-order valence-corrected chi connectivity index (χ0v) is 10.8. The maximum absolute atomic E-state index is 11.9. The normalized spacial score (nSPS) is 12.6. The van der Waals surface area contributed by atoms with E-state index < -0.39 is 0 Å². The highest BCUT2D eigenvalue weighted by atomic mass is 32.1. The van der Waals surface area contributed by atoms with Crippen LogP contribution in [-0.4, -0.2) is 11.9 Å². The number of benzene rings is 1. The van der Waals surface area contributed by atoms with Crippen LogP contribution < -0.4 is 11.1 Å². The molecule has 4 heteroatoms. The predicted octanol–water partition coefficient (Wildman–Crippen LogP) is 3.01. The molecule has 0 spiro atoms. The molecule has 0 saturated carbocycles. The lowest BCUT2D eigenvalue weighted by molar-refractivity contribution is 0.0943. The highest BCUT2D eigenvalue weighted by molar-refractivity contribution is 7.20. The van der Waals surface area contributed by atoms with Crippen LogP contribution >= 0.6 is 11.3 Å². The van der Waals surface area contributed by atoms with Crippen LogP contribution in [0.2, 0.25) is 0 Å². The number of rotatable bonds is 3. The van der Waals surface area contributed by atoms with Crippen LogP contribution in [0.1, 0.15) is 29.9 Å². The van der Waals surface area contributed by atoms with Crippen molar-refractivity contribution in [3.63, 3.8) is 0 Å². The van der Waals surface area contributed by atoms with Crippen LogP contribution in [-0.2, 0) is 0 Å². The van der Waals surface area contributed by atoms with E-state index in [4.69, 9.17) is 5.73 Å². The van der Waals surface area contributed by atoms with E-state index in [0.717, 1.165) is 27.1 Å². The van der Waals surface area contributed by atoms with Crippen molar-refractivity contribution < 1.29 is 4.79 Å². The molecular weight excluding hydrogens is 232 g/mol. The standard InChI is InChI=1S/C13H16N2OS/c1-3-8(2)15-13(16)12-7-9-6-10(14)4-5-11(9)17-12/h4-8H,3,14H2,1-2H3,(H,15,16). The Morgan fingerprint density at radius 3 is 2.94 bits per heavy atom. The first-order chi connectivity index (χ1) is 8.10. The first kappa shape index (κ1) is 11.9. The summed E-state index contributed by atoms with van der Waals surface area (Å²) in [5, 5.41) is 3.99. The molecule has 0 bridgehead atoms. The minimum absolute atomic E-state index is 0.000813. The molecule has 0 saturated heterocycles. The molecular formula is C13H16N2OS. The second-order valence-electron chi connectivity index (χ2n) is 4.19. The lowest BCUT2D eigenvalue weighted by Gasteiger charge is -2.09. The number of nitrogens with one attached hydrogen (secondary N) is 1. The molecule has 0 aliphatic rings. The molecule has 1 heterocycles. The van der Waals surface area contributed by atoms with Crippen LogP contribution in [0, 0.1) is 0 Å². The summed E-state index contributed by atoms with van der Waals surface area (Å²) in [7, 11) is 0. The summed E-state index contributed by atoms with van der Waals surface area (Å²) in [4.78, 5) is 12.7. The number of thiophene rings is 1. The molecule has 1 aromatic heterocycles. The monoisotopic (exact) mass is 248 g/mol. The molecule has 2 rings (SSSR count). The third kappa shape index (κ3) is 2.58. The summed E-state index contributed by atoms with van der Waals surface area (Å²) in [6.45, 7) is 4.06. The van der Waals surface area contributed by atoms with Crippen molar-refractivity contribution in [3.8, 4) is 0 Å². The molecule has 17 heavy (non-hydrogen) atoms. The van der Waals surface area contributed by atoms with Crippen LogP contribution in [0.25, 0.3) is 10.1 Å². The van der Waals surface area contributed by atoms with Crippen LogP contribution in [0.3, 0.4) is 0 Å². The number of anilines is 1.